The number of sulfone groups is 1. The number of alkyl halides is 1. The minimum atomic E-state index is -3.20. The highest BCUT2D eigenvalue weighted by atomic mass is 32.2. The Kier molecular flexibility index (Phi) is 4.94. The topological polar surface area (TPSA) is 83.4 Å². The van der Waals surface area contributed by atoms with Crippen LogP contribution >= 0.6 is 0 Å². The van der Waals surface area contributed by atoms with Crippen molar-refractivity contribution < 1.29 is 17.5 Å². The van der Waals surface area contributed by atoms with Gasteiger partial charge in [0.2, 0.25) is 0 Å². The second-order valence-corrected chi connectivity index (χ2v) is 10.2. The third-order valence-corrected chi connectivity index (χ3v) is 7.68. The fourth-order valence-corrected chi connectivity index (χ4v) is 5.74. The number of hydrogen-bond acceptors (Lipinski definition) is 7. The fraction of sp³-hybridized carbons (Fsp3) is 0.882. The fourth-order valence-electron chi connectivity index (χ4n) is 4.64. The number of piperazine rings is 1. The molecular formula is C17H27FN4O3S. The van der Waals surface area contributed by atoms with E-state index in [0.29, 0.717) is 43.9 Å². The standard InChI is InChI=1S/C17H27FN4O3S/c1-26(23,24)13-4-5-15(14(18)6-13)25-17-7-16(20-10-21-17)22-11-2-3-12(22)9-19-8-11/h11-15,19H,2-10H2,1H3. The van der Waals surface area contributed by atoms with E-state index < -0.39 is 27.4 Å². The molecular weight excluding hydrogens is 359 g/mol. The molecule has 1 aliphatic carbocycles. The van der Waals surface area contributed by atoms with Gasteiger partial charge in [-0.1, -0.05) is 0 Å². The first-order valence-corrected chi connectivity index (χ1v) is 11.4. The van der Waals surface area contributed by atoms with E-state index in [1.165, 1.54) is 19.1 Å². The van der Waals surface area contributed by atoms with Crippen molar-refractivity contribution in [2.24, 2.45) is 9.98 Å². The number of aliphatic imine (C=N–C) groups is 2. The van der Waals surface area contributed by atoms with Crippen LogP contribution in [0.4, 0.5) is 4.39 Å². The zero-order valence-electron chi connectivity index (χ0n) is 15.1. The number of rotatable bonds is 2. The van der Waals surface area contributed by atoms with Crippen LogP contribution < -0.4 is 5.32 Å². The molecule has 2 bridgehead atoms. The predicted molar refractivity (Wildman–Crippen MR) is 98.1 cm³/mol. The maximum absolute atomic E-state index is 14.5. The Morgan fingerprint density at radius 1 is 1.15 bits per heavy atom. The number of fused-ring (bicyclic) bond motifs is 2. The van der Waals surface area contributed by atoms with Crippen LogP contribution in [0, 0.1) is 0 Å². The number of nitrogens with one attached hydrogen (secondary N) is 1. The smallest absolute Gasteiger partial charge is 0.193 e. The van der Waals surface area contributed by atoms with Crippen LogP contribution in [0.15, 0.2) is 9.98 Å². The normalized spacial score (nSPS) is 37.9. The molecule has 3 fully saturated rings. The third kappa shape index (κ3) is 3.60. The largest absolute Gasteiger partial charge is 0.474 e. The van der Waals surface area contributed by atoms with Crippen LogP contribution in [0.1, 0.15) is 38.5 Å². The summed E-state index contributed by atoms with van der Waals surface area (Å²) >= 11 is 0. The minimum Gasteiger partial charge on any atom is -0.474 e. The third-order valence-electron chi connectivity index (χ3n) is 6.05. The summed E-state index contributed by atoms with van der Waals surface area (Å²) in [6.07, 6.45) is 3.02. The van der Waals surface area contributed by atoms with Crippen molar-refractivity contribution in [1.29, 1.82) is 0 Å². The molecule has 9 heteroatoms. The van der Waals surface area contributed by atoms with E-state index in [2.05, 4.69) is 20.2 Å². The van der Waals surface area contributed by atoms with Crippen LogP contribution in [0.5, 0.6) is 0 Å². The average Bonchev–Trinajstić information content (AvgIpc) is 2.85. The first-order chi connectivity index (χ1) is 12.4. The molecule has 0 aromatic rings. The van der Waals surface area contributed by atoms with Crippen molar-refractivity contribution in [2.75, 3.05) is 26.0 Å². The molecule has 4 rings (SSSR count). The molecule has 0 amide bonds. The molecule has 0 spiro atoms. The summed E-state index contributed by atoms with van der Waals surface area (Å²) < 4.78 is 43.7. The Hall–Kier alpha value is -1.22. The second kappa shape index (κ2) is 7.07. The van der Waals surface area contributed by atoms with Crippen molar-refractivity contribution in [1.82, 2.24) is 10.2 Å². The summed E-state index contributed by atoms with van der Waals surface area (Å²) in [5, 5.41) is 2.86. The molecule has 0 aromatic carbocycles. The SMILES string of the molecule is CS(=O)(=O)C1CCC(OC2=NCN=C(N3C4CCC3CNC4)C2)C(F)C1. The summed E-state index contributed by atoms with van der Waals surface area (Å²) in [4.78, 5) is 11.3. The molecule has 2 saturated heterocycles. The van der Waals surface area contributed by atoms with Crippen LogP contribution in [-0.2, 0) is 14.6 Å². The van der Waals surface area contributed by atoms with Gasteiger partial charge in [0.25, 0.3) is 0 Å². The number of ether oxygens (including phenoxy) is 1. The average molecular weight is 386 g/mol. The first kappa shape index (κ1) is 18.2. The van der Waals surface area contributed by atoms with Gasteiger partial charge in [-0.2, -0.15) is 0 Å². The lowest BCUT2D eigenvalue weighted by Crippen LogP contribution is -2.55. The van der Waals surface area contributed by atoms with E-state index in [1.54, 1.807) is 0 Å². The molecule has 3 aliphatic heterocycles. The molecule has 5 unspecified atom stereocenters. The van der Waals surface area contributed by atoms with Gasteiger partial charge in [-0.05, 0) is 32.1 Å². The number of halogens is 1. The van der Waals surface area contributed by atoms with Crippen molar-refractivity contribution >= 4 is 21.6 Å². The summed E-state index contributed by atoms with van der Waals surface area (Å²) in [5.74, 6) is 1.54. The lowest BCUT2D eigenvalue weighted by Gasteiger charge is -2.39. The molecule has 7 nitrogen and oxygen atoms in total. The van der Waals surface area contributed by atoms with Gasteiger partial charge < -0.3 is 15.0 Å². The maximum atomic E-state index is 14.5. The van der Waals surface area contributed by atoms with Gasteiger partial charge in [-0.15, -0.1) is 0 Å². The first-order valence-electron chi connectivity index (χ1n) is 9.47. The number of amidine groups is 1. The molecule has 4 aliphatic rings. The monoisotopic (exact) mass is 386 g/mol. The van der Waals surface area contributed by atoms with Crippen LogP contribution in [-0.4, -0.2) is 80.7 Å². The lowest BCUT2D eigenvalue weighted by atomic mass is 9.95. The van der Waals surface area contributed by atoms with E-state index >= 15 is 0 Å². The Bertz CT molecular complexity index is 695. The zero-order valence-corrected chi connectivity index (χ0v) is 15.9. The zero-order chi connectivity index (χ0) is 18.3. The molecule has 146 valence electrons. The van der Waals surface area contributed by atoms with Gasteiger partial charge in [0, 0.05) is 31.4 Å². The summed E-state index contributed by atoms with van der Waals surface area (Å²) in [7, 11) is -3.20. The van der Waals surface area contributed by atoms with Gasteiger partial charge in [0.05, 0.1) is 11.7 Å². The quantitative estimate of drug-likeness (QED) is 0.762. The molecule has 0 radical (unpaired) electrons. The van der Waals surface area contributed by atoms with Gasteiger partial charge in [-0.25, -0.2) is 22.8 Å². The van der Waals surface area contributed by atoms with Crippen LogP contribution in [0.25, 0.3) is 0 Å². The van der Waals surface area contributed by atoms with E-state index in [1.807, 2.05) is 0 Å². The molecule has 1 N–H and O–H groups in total. The number of nitrogens with zero attached hydrogens (tertiary/aromatic N) is 3. The molecule has 0 aromatic heterocycles. The van der Waals surface area contributed by atoms with Crippen molar-refractivity contribution in [3.63, 3.8) is 0 Å². The Labute approximate surface area is 154 Å². The van der Waals surface area contributed by atoms with Gasteiger partial charge in [0.1, 0.15) is 34.6 Å². The molecule has 26 heavy (non-hydrogen) atoms. The van der Waals surface area contributed by atoms with Crippen molar-refractivity contribution in [3.8, 4) is 0 Å². The van der Waals surface area contributed by atoms with Gasteiger partial charge in [0.15, 0.2) is 5.90 Å². The van der Waals surface area contributed by atoms with Gasteiger partial charge in [-0.3, -0.25) is 0 Å². The summed E-state index contributed by atoms with van der Waals surface area (Å²) in [6.45, 7) is 2.28. The Morgan fingerprint density at radius 3 is 2.54 bits per heavy atom. The van der Waals surface area contributed by atoms with Crippen molar-refractivity contribution in [2.45, 2.75) is 68.1 Å². The van der Waals surface area contributed by atoms with E-state index in [-0.39, 0.29) is 6.42 Å². The van der Waals surface area contributed by atoms with Gasteiger partial charge >= 0.3 is 0 Å². The highest BCUT2D eigenvalue weighted by Crippen LogP contribution is 2.31. The Morgan fingerprint density at radius 2 is 1.88 bits per heavy atom. The Balaban J connectivity index is 1.36. The van der Waals surface area contributed by atoms with Crippen LogP contribution in [0.3, 0.4) is 0 Å². The summed E-state index contributed by atoms with van der Waals surface area (Å²) in [5.41, 5.74) is 0. The number of hydrogen-bond donors (Lipinski definition) is 1. The maximum Gasteiger partial charge on any atom is 0.193 e. The summed E-state index contributed by atoms with van der Waals surface area (Å²) in [6, 6.07) is 0.956. The van der Waals surface area contributed by atoms with E-state index in [0.717, 1.165) is 18.9 Å². The predicted octanol–water partition coefficient (Wildman–Crippen LogP) is 0.901. The van der Waals surface area contributed by atoms with E-state index in [9.17, 15) is 12.8 Å². The highest BCUT2D eigenvalue weighted by molar-refractivity contribution is 7.91. The molecule has 5 atom stereocenters. The van der Waals surface area contributed by atoms with Crippen molar-refractivity contribution in [3.05, 3.63) is 0 Å². The lowest BCUT2D eigenvalue weighted by molar-refractivity contribution is 0.0536. The van der Waals surface area contributed by atoms with E-state index in [4.69, 9.17) is 4.74 Å². The minimum absolute atomic E-state index is 0.0136. The molecule has 1 saturated carbocycles. The van der Waals surface area contributed by atoms with Crippen LogP contribution in [0.2, 0.25) is 0 Å². The highest BCUT2D eigenvalue weighted by Gasteiger charge is 2.40. The second-order valence-electron chi connectivity index (χ2n) is 7.83. The molecule has 3 heterocycles.